The molecule has 2 aromatic carbocycles. The number of amides is 1. The van der Waals surface area contributed by atoms with Crippen molar-refractivity contribution in [3.8, 4) is 11.5 Å². The van der Waals surface area contributed by atoms with Crippen molar-refractivity contribution >= 4 is 40.8 Å². The molecule has 0 bridgehead atoms. The SMILES string of the molecule is COc1ccc(NC(=O)COC(=O)COc2cc(C)ccc2Cl)cc1Cl. The predicted octanol–water partition coefficient (Wildman–Crippen LogP) is 3.87. The topological polar surface area (TPSA) is 73.9 Å². The van der Waals surface area contributed by atoms with Gasteiger partial charge in [0.1, 0.15) is 11.5 Å². The summed E-state index contributed by atoms with van der Waals surface area (Å²) >= 11 is 11.9. The molecule has 0 saturated heterocycles. The minimum absolute atomic E-state index is 0.353. The summed E-state index contributed by atoms with van der Waals surface area (Å²) in [5, 5.41) is 3.30. The number of ether oxygens (including phenoxy) is 3. The maximum Gasteiger partial charge on any atom is 0.344 e. The van der Waals surface area contributed by atoms with Crippen LogP contribution in [0.5, 0.6) is 11.5 Å². The highest BCUT2D eigenvalue weighted by Crippen LogP contribution is 2.27. The Labute approximate surface area is 160 Å². The highest BCUT2D eigenvalue weighted by atomic mass is 35.5. The Morgan fingerprint density at radius 1 is 1.00 bits per heavy atom. The molecule has 1 N–H and O–H groups in total. The van der Waals surface area contributed by atoms with Crippen molar-refractivity contribution in [1.82, 2.24) is 0 Å². The first-order chi connectivity index (χ1) is 12.4. The molecule has 8 heteroatoms. The van der Waals surface area contributed by atoms with Crippen LogP contribution in [0.2, 0.25) is 10.0 Å². The molecule has 0 aliphatic heterocycles. The summed E-state index contributed by atoms with van der Waals surface area (Å²) in [6, 6.07) is 9.96. The van der Waals surface area contributed by atoms with Gasteiger partial charge in [0.05, 0.1) is 17.2 Å². The van der Waals surface area contributed by atoms with Crippen molar-refractivity contribution in [3.05, 3.63) is 52.0 Å². The Bertz CT molecular complexity index is 810. The molecule has 0 radical (unpaired) electrons. The van der Waals surface area contributed by atoms with E-state index in [2.05, 4.69) is 5.32 Å². The smallest absolute Gasteiger partial charge is 0.344 e. The first-order valence-corrected chi connectivity index (χ1v) is 8.32. The summed E-state index contributed by atoms with van der Waals surface area (Å²) < 4.78 is 15.2. The Kier molecular flexibility index (Phi) is 7.12. The van der Waals surface area contributed by atoms with Gasteiger partial charge in [-0.05, 0) is 42.8 Å². The van der Waals surface area contributed by atoms with Crippen molar-refractivity contribution < 1.29 is 23.8 Å². The maximum atomic E-state index is 11.8. The molecule has 6 nitrogen and oxygen atoms in total. The third-order valence-electron chi connectivity index (χ3n) is 3.23. The molecule has 26 heavy (non-hydrogen) atoms. The number of anilines is 1. The van der Waals surface area contributed by atoms with E-state index < -0.39 is 18.5 Å². The van der Waals surface area contributed by atoms with E-state index >= 15 is 0 Å². The molecular formula is C18H17Cl2NO5. The van der Waals surface area contributed by atoms with E-state index in [4.69, 9.17) is 37.4 Å². The van der Waals surface area contributed by atoms with Crippen molar-refractivity contribution in [2.45, 2.75) is 6.92 Å². The number of methoxy groups -OCH3 is 1. The third-order valence-corrected chi connectivity index (χ3v) is 3.84. The number of carbonyl (C=O) groups excluding carboxylic acids is 2. The van der Waals surface area contributed by atoms with Crippen molar-refractivity contribution in [3.63, 3.8) is 0 Å². The highest BCUT2D eigenvalue weighted by Gasteiger charge is 2.11. The molecule has 2 aromatic rings. The van der Waals surface area contributed by atoms with Crippen LogP contribution >= 0.6 is 23.2 Å². The van der Waals surface area contributed by atoms with Crippen LogP contribution in [0.1, 0.15) is 5.56 Å². The van der Waals surface area contributed by atoms with E-state index in [1.807, 2.05) is 13.0 Å². The normalized spacial score (nSPS) is 10.2. The molecular weight excluding hydrogens is 381 g/mol. The zero-order valence-corrected chi connectivity index (χ0v) is 15.7. The number of rotatable bonds is 7. The van der Waals surface area contributed by atoms with E-state index in [9.17, 15) is 9.59 Å². The lowest BCUT2D eigenvalue weighted by Gasteiger charge is -2.10. The van der Waals surface area contributed by atoms with Crippen LogP contribution in [-0.4, -0.2) is 32.2 Å². The number of halogens is 2. The molecule has 0 spiro atoms. The number of esters is 1. The lowest BCUT2D eigenvalue weighted by atomic mass is 10.2. The fourth-order valence-electron chi connectivity index (χ4n) is 1.99. The van der Waals surface area contributed by atoms with Gasteiger partial charge in [-0.25, -0.2) is 4.79 Å². The second kappa shape index (κ2) is 9.31. The molecule has 138 valence electrons. The molecule has 0 aliphatic carbocycles. The lowest BCUT2D eigenvalue weighted by Crippen LogP contribution is -2.23. The van der Waals surface area contributed by atoms with E-state index in [0.29, 0.717) is 27.2 Å². The van der Waals surface area contributed by atoms with Gasteiger partial charge in [0.2, 0.25) is 0 Å². The van der Waals surface area contributed by atoms with Crippen LogP contribution in [-0.2, 0) is 14.3 Å². The monoisotopic (exact) mass is 397 g/mol. The number of aryl methyl sites for hydroxylation is 1. The second-order valence-electron chi connectivity index (χ2n) is 5.28. The van der Waals surface area contributed by atoms with Crippen LogP contribution in [0.25, 0.3) is 0 Å². The summed E-state index contributed by atoms with van der Waals surface area (Å²) in [5.74, 6) is -0.331. The summed E-state index contributed by atoms with van der Waals surface area (Å²) in [6.07, 6.45) is 0. The summed E-state index contributed by atoms with van der Waals surface area (Å²) in [7, 11) is 1.49. The molecule has 0 aromatic heterocycles. The molecule has 2 rings (SSSR count). The molecule has 0 heterocycles. The quantitative estimate of drug-likeness (QED) is 0.717. The number of nitrogens with one attached hydrogen (secondary N) is 1. The third kappa shape index (κ3) is 5.82. The van der Waals surface area contributed by atoms with E-state index in [1.165, 1.54) is 13.2 Å². The summed E-state index contributed by atoms with van der Waals surface area (Å²) in [5.41, 5.74) is 1.40. The van der Waals surface area contributed by atoms with Crippen LogP contribution in [0.15, 0.2) is 36.4 Å². The van der Waals surface area contributed by atoms with Gasteiger partial charge in [-0.3, -0.25) is 4.79 Å². The van der Waals surface area contributed by atoms with Gasteiger partial charge < -0.3 is 19.5 Å². The molecule has 0 fully saturated rings. The Hall–Kier alpha value is -2.44. The fraction of sp³-hybridized carbons (Fsp3) is 0.222. The van der Waals surface area contributed by atoms with E-state index in [-0.39, 0.29) is 6.61 Å². The predicted molar refractivity (Wildman–Crippen MR) is 99.3 cm³/mol. The van der Waals surface area contributed by atoms with E-state index in [1.54, 1.807) is 24.3 Å². The Morgan fingerprint density at radius 3 is 2.46 bits per heavy atom. The standard InChI is InChI=1S/C18H17Cl2NO5/c1-11-3-5-13(19)16(7-11)25-10-18(23)26-9-17(22)21-12-4-6-15(24-2)14(20)8-12/h3-8H,9-10H2,1-2H3,(H,21,22). The minimum atomic E-state index is -0.689. The average molecular weight is 398 g/mol. The van der Waals surface area contributed by atoms with Crippen molar-refractivity contribution in [2.75, 3.05) is 25.6 Å². The lowest BCUT2D eigenvalue weighted by molar-refractivity contribution is -0.149. The van der Waals surface area contributed by atoms with Gasteiger partial charge in [0, 0.05) is 5.69 Å². The average Bonchev–Trinajstić information content (AvgIpc) is 2.61. The number of hydrogen-bond donors (Lipinski definition) is 1. The summed E-state index contributed by atoms with van der Waals surface area (Å²) in [6.45, 7) is 1.06. The van der Waals surface area contributed by atoms with Crippen molar-refractivity contribution in [2.24, 2.45) is 0 Å². The Balaban J connectivity index is 1.78. The minimum Gasteiger partial charge on any atom is -0.495 e. The van der Waals surface area contributed by atoms with Crippen LogP contribution in [0.4, 0.5) is 5.69 Å². The number of hydrogen-bond acceptors (Lipinski definition) is 5. The van der Waals surface area contributed by atoms with E-state index in [0.717, 1.165) is 5.56 Å². The Morgan fingerprint density at radius 2 is 1.77 bits per heavy atom. The molecule has 0 saturated carbocycles. The first kappa shape index (κ1) is 19.9. The molecule has 1 amide bonds. The fourth-order valence-corrected chi connectivity index (χ4v) is 2.42. The van der Waals surface area contributed by atoms with Gasteiger partial charge in [0.25, 0.3) is 5.91 Å². The van der Waals surface area contributed by atoms with Gasteiger partial charge >= 0.3 is 5.97 Å². The zero-order valence-electron chi connectivity index (χ0n) is 14.2. The second-order valence-corrected chi connectivity index (χ2v) is 6.10. The molecule has 0 unspecified atom stereocenters. The number of carbonyl (C=O) groups is 2. The number of benzene rings is 2. The van der Waals surface area contributed by atoms with Crippen molar-refractivity contribution in [1.29, 1.82) is 0 Å². The molecule has 0 aliphatic rings. The van der Waals surface area contributed by atoms with Gasteiger partial charge in [-0.15, -0.1) is 0 Å². The van der Waals surface area contributed by atoms with Crippen LogP contribution in [0, 0.1) is 6.92 Å². The first-order valence-electron chi connectivity index (χ1n) is 7.57. The largest absolute Gasteiger partial charge is 0.495 e. The van der Waals surface area contributed by atoms with Gasteiger partial charge in [-0.2, -0.15) is 0 Å². The van der Waals surface area contributed by atoms with Crippen LogP contribution in [0.3, 0.4) is 0 Å². The van der Waals surface area contributed by atoms with Gasteiger partial charge in [-0.1, -0.05) is 29.3 Å². The van der Waals surface area contributed by atoms with Gasteiger partial charge in [0.15, 0.2) is 13.2 Å². The highest BCUT2D eigenvalue weighted by molar-refractivity contribution is 6.32. The maximum absolute atomic E-state index is 11.8. The zero-order chi connectivity index (χ0) is 19.1. The van der Waals surface area contributed by atoms with Crippen LogP contribution < -0.4 is 14.8 Å². The molecule has 0 atom stereocenters. The summed E-state index contributed by atoms with van der Waals surface area (Å²) in [4.78, 5) is 23.5.